The van der Waals surface area contributed by atoms with Gasteiger partial charge in [-0.3, -0.25) is 0 Å². The van der Waals surface area contributed by atoms with Crippen molar-refractivity contribution in [1.82, 2.24) is 10.1 Å². The van der Waals surface area contributed by atoms with E-state index in [4.69, 9.17) is 21.2 Å². The van der Waals surface area contributed by atoms with E-state index in [1.165, 1.54) is 0 Å². The average molecular weight is 239 g/mol. The van der Waals surface area contributed by atoms with E-state index < -0.39 is 5.97 Å². The standard InChI is InChI=1S/C10H7ClN2O3/c11-8-7-5(10(14)15)3-6(4-1-2-4)12-9(7)16-13-8/h3-4H,1-2H2,(H,14,15). The molecule has 1 saturated carbocycles. The van der Waals surface area contributed by atoms with Crippen LogP contribution in [0, 0.1) is 0 Å². The largest absolute Gasteiger partial charge is 0.478 e. The Morgan fingerprint density at radius 3 is 2.94 bits per heavy atom. The van der Waals surface area contributed by atoms with Gasteiger partial charge in [0.25, 0.3) is 5.71 Å². The second kappa shape index (κ2) is 3.18. The maximum Gasteiger partial charge on any atom is 0.336 e. The van der Waals surface area contributed by atoms with Gasteiger partial charge in [-0.1, -0.05) is 16.8 Å². The van der Waals surface area contributed by atoms with Crippen LogP contribution in [0.5, 0.6) is 0 Å². The van der Waals surface area contributed by atoms with Crippen molar-refractivity contribution in [2.45, 2.75) is 18.8 Å². The number of aromatic carboxylic acids is 1. The zero-order chi connectivity index (χ0) is 11.3. The minimum atomic E-state index is -1.04. The number of carboxylic acids is 1. The second-order valence-corrected chi connectivity index (χ2v) is 4.19. The second-order valence-electron chi connectivity index (χ2n) is 3.83. The molecule has 0 bridgehead atoms. The molecule has 0 amide bonds. The smallest absolute Gasteiger partial charge is 0.336 e. The van der Waals surface area contributed by atoms with E-state index in [0.717, 1.165) is 18.5 Å². The highest BCUT2D eigenvalue weighted by Gasteiger charge is 2.28. The molecule has 1 fully saturated rings. The molecule has 16 heavy (non-hydrogen) atoms. The van der Waals surface area contributed by atoms with Crippen LogP contribution in [0.4, 0.5) is 0 Å². The first kappa shape index (κ1) is 9.59. The van der Waals surface area contributed by atoms with Gasteiger partial charge in [0.1, 0.15) is 0 Å². The third-order valence-corrected chi connectivity index (χ3v) is 2.91. The number of carboxylic acid groups (broad SMARTS) is 1. The molecule has 0 unspecified atom stereocenters. The number of halogens is 1. The van der Waals surface area contributed by atoms with Gasteiger partial charge >= 0.3 is 5.97 Å². The third kappa shape index (κ3) is 1.36. The SMILES string of the molecule is O=C(O)c1cc(C2CC2)nc2onc(Cl)c12. The molecule has 2 aromatic rings. The Hall–Kier alpha value is -1.62. The lowest BCUT2D eigenvalue weighted by molar-refractivity contribution is 0.0699. The monoisotopic (exact) mass is 238 g/mol. The quantitative estimate of drug-likeness (QED) is 0.870. The van der Waals surface area contributed by atoms with E-state index >= 15 is 0 Å². The molecule has 0 spiro atoms. The van der Waals surface area contributed by atoms with Gasteiger partial charge in [0.05, 0.1) is 10.9 Å². The van der Waals surface area contributed by atoms with E-state index in [2.05, 4.69) is 10.1 Å². The fourth-order valence-corrected chi connectivity index (χ4v) is 1.91. The van der Waals surface area contributed by atoms with E-state index in [-0.39, 0.29) is 21.8 Å². The highest BCUT2D eigenvalue weighted by molar-refractivity contribution is 6.35. The van der Waals surface area contributed by atoms with Crippen LogP contribution in [0.25, 0.3) is 11.1 Å². The highest BCUT2D eigenvalue weighted by atomic mass is 35.5. The predicted molar refractivity (Wildman–Crippen MR) is 55.7 cm³/mol. The summed E-state index contributed by atoms with van der Waals surface area (Å²) in [5, 5.41) is 12.9. The number of pyridine rings is 1. The summed E-state index contributed by atoms with van der Waals surface area (Å²) in [7, 11) is 0. The van der Waals surface area contributed by atoms with Crippen LogP contribution in [-0.4, -0.2) is 21.2 Å². The number of hydrogen-bond acceptors (Lipinski definition) is 4. The van der Waals surface area contributed by atoms with Crippen molar-refractivity contribution in [2.75, 3.05) is 0 Å². The Labute approximate surface area is 95.0 Å². The van der Waals surface area contributed by atoms with Crippen LogP contribution >= 0.6 is 11.6 Å². The first-order valence-electron chi connectivity index (χ1n) is 4.86. The summed E-state index contributed by atoms with van der Waals surface area (Å²) >= 11 is 5.76. The molecule has 3 rings (SSSR count). The van der Waals surface area contributed by atoms with Crippen LogP contribution in [0.1, 0.15) is 34.8 Å². The summed E-state index contributed by atoms with van der Waals surface area (Å²) in [5.74, 6) is -0.689. The molecule has 5 nitrogen and oxygen atoms in total. The summed E-state index contributed by atoms with van der Waals surface area (Å²) in [5.41, 5.74) is 1.06. The molecule has 2 aromatic heterocycles. The van der Waals surface area contributed by atoms with Crippen LogP contribution in [0.15, 0.2) is 10.6 Å². The molecule has 2 heterocycles. The van der Waals surface area contributed by atoms with Gasteiger partial charge in [0, 0.05) is 11.6 Å². The molecule has 0 saturated heterocycles. The Kier molecular flexibility index (Phi) is 1.91. The molecule has 6 heteroatoms. The minimum Gasteiger partial charge on any atom is -0.478 e. The molecule has 1 aliphatic rings. The molecule has 1 N–H and O–H groups in total. The molecule has 0 atom stereocenters. The normalized spacial score (nSPS) is 15.6. The molecule has 0 radical (unpaired) electrons. The van der Waals surface area contributed by atoms with Gasteiger partial charge in [0.15, 0.2) is 5.15 Å². The van der Waals surface area contributed by atoms with Crippen molar-refractivity contribution in [3.63, 3.8) is 0 Å². The number of aromatic nitrogens is 2. The van der Waals surface area contributed by atoms with Crippen LogP contribution < -0.4 is 0 Å². The maximum atomic E-state index is 11.1. The first-order chi connectivity index (χ1) is 7.66. The van der Waals surface area contributed by atoms with Crippen LogP contribution in [0.3, 0.4) is 0 Å². The molecule has 0 aliphatic heterocycles. The molecule has 0 aromatic carbocycles. The summed E-state index contributed by atoms with van der Waals surface area (Å²) in [4.78, 5) is 15.3. The predicted octanol–water partition coefficient (Wildman–Crippen LogP) is 2.45. The third-order valence-electron chi connectivity index (χ3n) is 2.65. The Balaban J connectivity index is 2.32. The maximum absolute atomic E-state index is 11.1. The minimum absolute atomic E-state index is 0.0437. The van der Waals surface area contributed by atoms with Crippen molar-refractivity contribution in [3.8, 4) is 0 Å². The van der Waals surface area contributed by atoms with E-state index in [1.54, 1.807) is 6.07 Å². The summed E-state index contributed by atoms with van der Waals surface area (Å²) < 4.78 is 4.90. The topological polar surface area (TPSA) is 76.2 Å². The van der Waals surface area contributed by atoms with E-state index in [0.29, 0.717) is 5.92 Å². The lowest BCUT2D eigenvalue weighted by Gasteiger charge is -2.00. The van der Waals surface area contributed by atoms with Crippen molar-refractivity contribution >= 4 is 28.7 Å². The number of fused-ring (bicyclic) bond motifs is 1. The highest BCUT2D eigenvalue weighted by Crippen LogP contribution is 2.40. The number of hydrogen-bond donors (Lipinski definition) is 1. The zero-order valence-electron chi connectivity index (χ0n) is 8.11. The fourth-order valence-electron chi connectivity index (χ4n) is 1.69. The van der Waals surface area contributed by atoms with Gasteiger partial charge in [0.2, 0.25) is 0 Å². The van der Waals surface area contributed by atoms with Gasteiger partial charge in [-0.05, 0) is 18.9 Å². The number of carbonyl (C=O) groups is 1. The summed E-state index contributed by atoms with van der Waals surface area (Å²) in [6.45, 7) is 0. The lowest BCUT2D eigenvalue weighted by atomic mass is 10.1. The molecule has 1 aliphatic carbocycles. The first-order valence-corrected chi connectivity index (χ1v) is 5.23. The Morgan fingerprint density at radius 1 is 1.56 bits per heavy atom. The van der Waals surface area contributed by atoms with Gasteiger partial charge in [-0.15, -0.1) is 0 Å². The molecule has 82 valence electrons. The Bertz CT molecular complexity index is 589. The van der Waals surface area contributed by atoms with Crippen molar-refractivity contribution in [2.24, 2.45) is 0 Å². The van der Waals surface area contributed by atoms with Gasteiger partial charge < -0.3 is 9.63 Å². The Morgan fingerprint density at radius 2 is 2.31 bits per heavy atom. The van der Waals surface area contributed by atoms with Crippen LogP contribution in [0.2, 0.25) is 5.15 Å². The fraction of sp³-hybridized carbons (Fsp3) is 0.300. The van der Waals surface area contributed by atoms with E-state index in [9.17, 15) is 4.79 Å². The average Bonchev–Trinajstić information content (AvgIpc) is 3.03. The van der Waals surface area contributed by atoms with Crippen molar-refractivity contribution in [1.29, 1.82) is 0 Å². The molecular weight excluding hydrogens is 232 g/mol. The number of nitrogens with zero attached hydrogens (tertiary/aromatic N) is 2. The summed E-state index contributed by atoms with van der Waals surface area (Å²) in [6, 6.07) is 1.56. The number of rotatable bonds is 2. The molecular formula is C10H7ClN2O3. The summed E-state index contributed by atoms with van der Waals surface area (Å²) in [6.07, 6.45) is 2.08. The zero-order valence-corrected chi connectivity index (χ0v) is 8.86. The van der Waals surface area contributed by atoms with Crippen LogP contribution in [-0.2, 0) is 0 Å². The van der Waals surface area contributed by atoms with Crippen molar-refractivity contribution in [3.05, 3.63) is 22.5 Å². The van der Waals surface area contributed by atoms with Gasteiger partial charge in [-0.2, -0.15) is 0 Å². The van der Waals surface area contributed by atoms with E-state index in [1.807, 2.05) is 0 Å². The van der Waals surface area contributed by atoms with Gasteiger partial charge in [-0.25, -0.2) is 9.78 Å². The van der Waals surface area contributed by atoms with Crippen molar-refractivity contribution < 1.29 is 14.4 Å². The lowest BCUT2D eigenvalue weighted by Crippen LogP contribution is -2.00.